The van der Waals surface area contributed by atoms with Gasteiger partial charge in [-0.1, -0.05) is 36.4 Å². The third-order valence-corrected chi connectivity index (χ3v) is 4.17. The summed E-state index contributed by atoms with van der Waals surface area (Å²) in [5.41, 5.74) is 0. The summed E-state index contributed by atoms with van der Waals surface area (Å²) in [4.78, 5) is 13.1. The van der Waals surface area contributed by atoms with Crippen molar-refractivity contribution in [2.75, 3.05) is 13.2 Å². The van der Waals surface area contributed by atoms with Gasteiger partial charge in [0.1, 0.15) is 5.75 Å². The molecule has 0 aliphatic rings. The molecule has 0 aliphatic heterocycles. The van der Waals surface area contributed by atoms with Crippen LogP contribution in [0.5, 0.6) is 5.75 Å². The Morgan fingerprint density at radius 3 is 2.41 bits per heavy atom. The highest BCUT2D eigenvalue weighted by atomic mass is 32.2. The normalized spacial score (nSPS) is 11.7. The fourth-order valence-electron chi connectivity index (χ4n) is 1.89. The first-order valence-corrected chi connectivity index (χ1v) is 8.31. The van der Waals surface area contributed by atoms with E-state index >= 15 is 0 Å². The predicted molar refractivity (Wildman–Crippen MR) is 91.3 cm³/mol. The monoisotopic (exact) mass is 315 g/mol. The first kappa shape index (κ1) is 16.4. The number of carbonyl (C=O) groups excluding carboxylic acids is 1. The van der Waals surface area contributed by atoms with E-state index in [-0.39, 0.29) is 11.2 Å². The van der Waals surface area contributed by atoms with E-state index in [1.807, 2.05) is 67.6 Å². The third kappa shape index (κ3) is 5.82. The molecule has 0 aliphatic carbocycles. The lowest BCUT2D eigenvalue weighted by atomic mass is 10.3. The highest BCUT2D eigenvalue weighted by molar-refractivity contribution is 8.00. The topological polar surface area (TPSA) is 38.3 Å². The van der Waals surface area contributed by atoms with E-state index in [0.717, 1.165) is 17.1 Å². The zero-order valence-electron chi connectivity index (χ0n) is 12.7. The Morgan fingerprint density at radius 2 is 1.73 bits per heavy atom. The van der Waals surface area contributed by atoms with Crippen LogP contribution in [0.25, 0.3) is 0 Å². The summed E-state index contributed by atoms with van der Waals surface area (Å²) in [5.74, 6) is 0.926. The second-order valence-electron chi connectivity index (χ2n) is 4.88. The Balaban J connectivity index is 1.61. The first-order chi connectivity index (χ1) is 10.8. The van der Waals surface area contributed by atoms with Crippen LogP contribution < -0.4 is 10.1 Å². The van der Waals surface area contributed by atoms with E-state index in [1.165, 1.54) is 0 Å². The van der Waals surface area contributed by atoms with Gasteiger partial charge in [-0.3, -0.25) is 4.79 Å². The highest BCUT2D eigenvalue weighted by Crippen LogP contribution is 2.22. The second-order valence-corrected chi connectivity index (χ2v) is 6.29. The molecule has 0 fully saturated rings. The fraction of sp³-hybridized carbons (Fsp3) is 0.278. The van der Waals surface area contributed by atoms with E-state index in [2.05, 4.69) is 5.32 Å². The number of carbonyl (C=O) groups is 1. The maximum Gasteiger partial charge on any atom is 0.233 e. The van der Waals surface area contributed by atoms with Gasteiger partial charge in [0.2, 0.25) is 5.91 Å². The third-order valence-electron chi connectivity index (χ3n) is 3.06. The van der Waals surface area contributed by atoms with Crippen LogP contribution in [-0.2, 0) is 4.79 Å². The standard InChI is InChI=1S/C18H21NO2S/c1-15(22-17-11-6-3-7-12-17)18(20)19-13-8-14-21-16-9-4-2-5-10-16/h2-7,9-12,15H,8,13-14H2,1H3,(H,19,20). The van der Waals surface area contributed by atoms with Gasteiger partial charge in [-0.15, -0.1) is 11.8 Å². The van der Waals surface area contributed by atoms with Gasteiger partial charge in [-0.25, -0.2) is 0 Å². The second kappa shape index (κ2) is 9.15. The van der Waals surface area contributed by atoms with Crippen LogP contribution in [0.15, 0.2) is 65.6 Å². The number of hydrogen-bond acceptors (Lipinski definition) is 3. The summed E-state index contributed by atoms with van der Waals surface area (Å²) in [5, 5.41) is 2.85. The maximum atomic E-state index is 12.0. The van der Waals surface area contributed by atoms with E-state index in [0.29, 0.717) is 13.2 Å². The summed E-state index contributed by atoms with van der Waals surface area (Å²) in [7, 11) is 0. The molecule has 0 bridgehead atoms. The molecule has 1 amide bonds. The van der Waals surface area contributed by atoms with Gasteiger partial charge in [0.25, 0.3) is 0 Å². The zero-order valence-corrected chi connectivity index (χ0v) is 13.5. The Bertz CT molecular complexity index is 560. The number of para-hydroxylation sites is 1. The molecule has 2 aromatic rings. The van der Waals surface area contributed by atoms with Gasteiger partial charge in [0.15, 0.2) is 0 Å². The average Bonchev–Trinajstić information content (AvgIpc) is 2.56. The molecule has 1 N–H and O–H groups in total. The fourth-order valence-corrected chi connectivity index (χ4v) is 2.80. The van der Waals surface area contributed by atoms with Crippen LogP contribution in [0.3, 0.4) is 0 Å². The average molecular weight is 315 g/mol. The molecule has 2 aromatic carbocycles. The van der Waals surface area contributed by atoms with Gasteiger partial charge in [0, 0.05) is 11.4 Å². The lowest BCUT2D eigenvalue weighted by Crippen LogP contribution is -2.32. The van der Waals surface area contributed by atoms with Crippen LogP contribution in [0.2, 0.25) is 0 Å². The molecule has 1 atom stereocenters. The molecule has 22 heavy (non-hydrogen) atoms. The molecule has 2 rings (SSSR count). The molecular formula is C18H21NO2S. The number of benzene rings is 2. The molecular weight excluding hydrogens is 294 g/mol. The molecule has 0 spiro atoms. The van der Waals surface area contributed by atoms with Crippen molar-refractivity contribution < 1.29 is 9.53 Å². The molecule has 3 nitrogen and oxygen atoms in total. The van der Waals surface area contributed by atoms with Crippen molar-refractivity contribution in [3.63, 3.8) is 0 Å². The van der Waals surface area contributed by atoms with Crippen molar-refractivity contribution in [3.8, 4) is 5.75 Å². The molecule has 116 valence electrons. The maximum absolute atomic E-state index is 12.0. The van der Waals surface area contributed by atoms with Crippen molar-refractivity contribution >= 4 is 17.7 Å². The minimum atomic E-state index is -0.0996. The highest BCUT2D eigenvalue weighted by Gasteiger charge is 2.13. The Labute approximate surface area is 136 Å². The minimum Gasteiger partial charge on any atom is -0.494 e. The van der Waals surface area contributed by atoms with Crippen LogP contribution in [0.4, 0.5) is 0 Å². The van der Waals surface area contributed by atoms with E-state index in [4.69, 9.17) is 4.74 Å². The lowest BCUT2D eigenvalue weighted by Gasteiger charge is -2.12. The number of nitrogens with one attached hydrogen (secondary N) is 1. The summed E-state index contributed by atoms with van der Waals surface area (Å²) >= 11 is 1.57. The molecule has 0 saturated heterocycles. The number of hydrogen-bond donors (Lipinski definition) is 1. The van der Waals surface area contributed by atoms with Gasteiger partial charge < -0.3 is 10.1 Å². The zero-order chi connectivity index (χ0) is 15.6. The summed E-state index contributed by atoms with van der Waals surface area (Å²) in [6, 6.07) is 19.7. The van der Waals surface area contributed by atoms with E-state index < -0.39 is 0 Å². The van der Waals surface area contributed by atoms with Gasteiger partial charge in [-0.2, -0.15) is 0 Å². The molecule has 0 saturated carbocycles. The van der Waals surface area contributed by atoms with E-state index in [9.17, 15) is 4.79 Å². The van der Waals surface area contributed by atoms with Crippen LogP contribution in [-0.4, -0.2) is 24.3 Å². The van der Waals surface area contributed by atoms with Crippen LogP contribution in [0.1, 0.15) is 13.3 Å². The lowest BCUT2D eigenvalue weighted by molar-refractivity contribution is -0.120. The van der Waals surface area contributed by atoms with Gasteiger partial charge >= 0.3 is 0 Å². The summed E-state index contributed by atoms with van der Waals surface area (Å²) < 4.78 is 5.59. The van der Waals surface area contributed by atoms with Crippen LogP contribution >= 0.6 is 11.8 Å². The number of amides is 1. The Morgan fingerprint density at radius 1 is 1.09 bits per heavy atom. The predicted octanol–water partition coefficient (Wildman–Crippen LogP) is 3.75. The Hall–Kier alpha value is -1.94. The van der Waals surface area contributed by atoms with Crippen molar-refractivity contribution in [3.05, 3.63) is 60.7 Å². The summed E-state index contributed by atoms with van der Waals surface area (Å²) in [6.07, 6.45) is 0.795. The molecule has 0 aromatic heterocycles. The molecule has 4 heteroatoms. The Kier molecular flexibility index (Phi) is 6.84. The van der Waals surface area contributed by atoms with Gasteiger partial charge in [-0.05, 0) is 37.6 Å². The summed E-state index contributed by atoms with van der Waals surface area (Å²) in [6.45, 7) is 3.16. The van der Waals surface area contributed by atoms with Crippen molar-refractivity contribution in [1.82, 2.24) is 5.32 Å². The number of thioether (sulfide) groups is 1. The quantitative estimate of drug-likeness (QED) is 0.595. The van der Waals surface area contributed by atoms with E-state index in [1.54, 1.807) is 11.8 Å². The van der Waals surface area contributed by atoms with Gasteiger partial charge in [0.05, 0.1) is 11.9 Å². The van der Waals surface area contributed by atoms with Crippen LogP contribution in [0, 0.1) is 0 Å². The molecule has 1 unspecified atom stereocenters. The smallest absolute Gasteiger partial charge is 0.233 e. The van der Waals surface area contributed by atoms with Crippen molar-refractivity contribution in [2.45, 2.75) is 23.5 Å². The first-order valence-electron chi connectivity index (χ1n) is 7.43. The van der Waals surface area contributed by atoms with Crippen molar-refractivity contribution in [1.29, 1.82) is 0 Å². The molecule has 0 heterocycles. The number of ether oxygens (including phenoxy) is 1. The van der Waals surface area contributed by atoms with Crippen molar-refractivity contribution in [2.24, 2.45) is 0 Å². The molecule has 0 radical (unpaired) electrons. The minimum absolute atomic E-state index is 0.0635. The SMILES string of the molecule is CC(Sc1ccccc1)C(=O)NCCCOc1ccccc1. The number of rotatable bonds is 8. The largest absolute Gasteiger partial charge is 0.494 e.